The van der Waals surface area contributed by atoms with E-state index in [4.69, 9.17) is 0 Å². The second-order valence-corrected chi connectivity index (χ2v) is 9.46. The maximum absolute atomic E-state index is 13.0. The maximum atomic E-state index is 13.0. The van der Waals surface area contributed by atoms with Crippen LogP contribution >= 0.6 is 11.3 Å². The number of benzene rings is 1. The van der Waals surface area contributed by atoms with Gasteiger partial charge in [-0.05, 0) is 43.9 Å². The minimum Gasteiger partial charge on any atom is -0.304 e. The van der Waals surface area contributed by atoms with Crippen molar-refractivity contribution >= 4 is 33.0 Å². The van der Waals surface area contributed by atoms with Crippen LogP contribution in [0.1, 0.15) is 35.0 Å². The fraction of sp³-hybridized carbons (Fsp3) is 0.389. The summed E-state index contributed by atoms with van der Waals surface area (Å²) in [5.74, 6) is -0.120. The topological polar surface area (TPSA) is 57.7 Å². The van der Waals surface area contributed by atoms with Gasteiger partial charge < -0.3 is 4.90 Å². The summed E-state index contributed by atoms with van der Waals surface area (Å²) < 4.78 is 26.8. The van der Waals surface area contributed by atoms with Crippen molar-refractivity contribution in [3.05, 3.63) is 46.2 Å². The van der Waals surface area contributed by atoms with Gasteiger partial charge in [0.2, 0.25) is 10.0 Å². The Bertz CT molecular complexity index is 914. The lowest BCUT2D eigenvalue weighted by atomic mass is 10.1. The lowest BCUT2D eigenvalue weighted by Crippen LogP contribution is -2.35. The summed E-state index contributed by atoms with van der Waals surface area (Å²) in [5.41, 5.74) is 2.09. The smallest absolute Gasteiger partial charge is 0.268 e. The molecule has 1 aromatic carbocycles. The molecule has 132 valence electrons. The number of hydrogen-bond acceptors (Lipinski definition) is 4. The number of carbonyl (C=O) groups excluding carboxylic acids is 1. The summed E-state index contributed by atoms with van der Waals surface area (Å²) in [6, 6.07) is 9.50. The Hall–Kier alpha value is -1.70. The molecule has 1 fully saturated rings. The first kappa shape index (κ1) is 16.8. The van der Waals surface area contributed by atoms with E-state index in [0.717, 1.165) is 30.5 Å². The van der Waals surface area contributed by atoms with Crippen LogP contribution in [0.25, 0.3) is 0 Å². The fourth-order valence-electron chi connectivity index (χ4n) is 3.64. The molecule has 2 aromatic rings. The lowest BCUT2D eigenvalue weighted by molar-refractivity contribution is 0.0985. The lowest BCUT2D eigenvalue weighted by Gasteiger charge is -2.22. The molecule has 2 aliphatic rings. The average Bonchev–Trinajstić information content (AvgIpc) is 3.33. The highest BCUT2D eigenvalue weighted by atomic mass is 32.2. The first-order valence-corrected chi connectivity index (χ1v) is 10.8. The summed E-state index contributed by atoms with van der Waals surface area (Å²) in [4.78, 5) is 15.5. The third-order valence-corrected chi connectivity index (χ3v) is 7.86. The van der Waals surface area contributed by atoms with Gasteiger partial charge in [0.15, 0.2) is 0 Å². The van der Waals surface area contributed by atoms with Crippen LogP contribution < -0.4 is 4.90 Å². The summed E-state index contributed by atoms with van der Waals surface area (Å²) in [6.07, 6.45) is 2.63. The van der Waals surface area contributed by atoms with Gasteiger partial charge in [0.1, 0.15) is 0 Å². The van der Waals surface area contributed by atoms with Crippen LogP contribution in [0.4, 0.5) is 5.69 Å². The van der Waals surface area contributed by atoms with Gasteiger partial charge in [-0.2, -0.15) is 4.31 Å². The molecule has 5 nitrogen and oxygen atoms in total. The Kier molecular flexibility index (Phi) is 4.17. The van der Waals surface area contributed by atoms with Gasteiger partial charge in [-0.15, -0.1) is 11.3 Å². The van der Waals surface area contributed by atoms with Crippen molar-refractivity contribution in [3.8, 4) is 0 Å². The van der Waals surface area contributed by atoms with Crippen LogP contribution in [-0.4, -0.2) is 37.8 Å². The zero-order valence-corrected chi connectivity index (χ0v) is 15.6. The van der Waals surface area contributed by atoms with Crippen LogP contribution in [0.5, 0.6) is 0 Å². The molecule has 0 spiro atoms. The molecule has 1 aromatic heterocycles. The monoisotopic (exact) mass is 376 g/mol. The molecule has 0 radical (unpaired) electrons. The number of hydrogen-bond donors (Lipinski definition) is 0. The van der Waals surface area contributed by atoms with E-state index in [0.29, 0.717) is 18.0 Å². The van der Waals surface area contributed by atoms with Crippen molar-refractivity contribution in [3.63, 3.8) is 0 Å². The van der Waals surface area contributed by atoms with E-state index in [1.807, 2.05) is 31.2 Å². The summed E-state index contributed by atoms with van der Waals surface area (Å²) in [7, 11) is -3.48. The maximum Gasteiger partial charge on any atom is 0.268 e. The van der Waals surface area contributed by atoms with Crippen molar-refractivity contribution in [2.24, 2.45) is 0 Å². The molecule has 4 rings (SSSR count). The van der Waals surface area contributed by atoms with E-state index >= 15 is 0 Å². The third kappa shape index (κ3) is 2.80. The zero-order valence-electron chi connectivity index (χ0n) is 14.0. The van der Waals surface area contributed by atoms with Crippen molar-refractivity contribution in [1.82, 2.24) is 4.31 Å². The number of thiophene rings is 1. The molecule has 1 amide bonds. The summed E-state index contributed by atoms with van der Waals surface area (Å²) in [5, 5.41) is 1.59. The number of amides is 1. The van der Waals surface area contributed by atoms with E-state index in [1.54, 1.807) is 10.3 Å². The van der Waals surface area contributed by atoms with Crippen LogP contribution in [0, 0.1) is 0 Å². The molecule has 0 bridgehead atoms. The molecule has 0 N–H and O–H groups in total. The van der Waals surface area contributed by atoms with Crippen molar-refractivity contribution in [2.75, 3.05) is 18.0 Å². The molecular weight excluding hydrogens is 356 g/mol. The highest BCUT2D eigenvalue weighted by Crippen LogP contribution is 2.34. The van der Waals surface area contributed by atoms with Gasteiger partial charge >= 0.3 is 0 Å². The van der Waals surface area contributed by atoms with E-state index in [9.17, 15) is 13.2 Å². The van der Waals surface area contributed by atoms with E-state index in [2.05, 4.69) is 0 Å². The molecule has 7 heteroatoms. The predicted octanol–water partition coefficient (Wildman–Crippen LogP) is 3.12. The number of fused-ring (bicyclic) bond motifs is 1. The second kappa shape index (κ2) is 6.23. The molecule has 2 aliphatic heterocycles. The molecule has 1 atom stereocenters. The van der Waals surface area contributed by atoms with Crippen molar-refractivity contribution in [1.29, 1.82) is 0 Å². The number of carbonyl (C=O) groups is 1. The van der Waals surface area contributed by atoms with Gasteiger partial charge in [0.05, 0.1) is 9.77 Å². The Labute approximate surface area is 151 Å². The highest BCUT2D eigenvalue weighted by molar-refractivity contribution is 7.89. The number of sulfonamides is 1. The van der Waals surface area contributed by atoms with E-state index < -0.39 is 10.0 Å². The minimum atomic E-state index is -3.48. The Balaban J connectivity index is 1.63. The third-order valence-electron chi connectivity index (χ3n) is 4.92. The standard InChI is InChI=1S/C18H20N2O3S2/c1-13-10-14-6-2-3-7-16(14)20(13)18(21)17-11-15(12-24-17)25(22,23)19-8-4-5-9-19/h2-3,6-7,11-13H,4-5,8-10H2,1H3. The molecule has 3 heterocycles. The number of nitrogens with zero attached hydrogens (tertiary/aromatic N) is 2. The molecule has 1 saturated heterocycles. The molecule has 1 unspecified atom stereocenters. The molecule has 25 heavy (non-hydrogen) atoms. The number of para-hydroxylation sites is 1. The van der Waals surface area contributed by atoms with Crippen LogP contribution in [0.3, 0.4) is 0 Å². The quantitative estimate of drug-likeness (QED) is 0.827. The highest BCUT2D eigenvalue weighted by Gasteiger charge is 2.33. The van der Waals surface area contributed by atoms with Crippen molar-refractivity contribution in [2.45, 2.75) is 37.1 Å². The Morgan fingerprint density at radius 2 is 1.92 bits per heavy atom. The second-order valence-electron chi connectivity index (χ2n) is 6.61. The molecule has 0 saturated carbocycles. The van der Waals surface area contributed by atoms with E-state index in [1.165, 1.54) is 21.7 Å². The minimum absolute atomic E-state index is 0.0747. The fourth-order valence-corrected chi connectivity index (χ4v) is 6.35. The van der Waals surface area contributed by atoms with Crippen LogP contribution in [0.15, 0.2) is 40.6 Å². The van der Waals surface area contributed by atoms with Gasteiger partial charge in [0, 0.05) is 30.2 Å². The normalized spacial score (nSPS) is 20.8. The van der Waals surface area contributed by atoms with Gasteiger partial charge in [-0.3, -0.25) is 4.79 Å². The average molecular weight is 377 g/mol. The molecular formula is C18H20N2O3S2. The largest absolute Gasteiger partial charge is 0.304 e. The summed E-state index contributed by atoms with van der Waals surface area (Å²) >= 11 is 1.21. The number of anilines is 1. The van der Waals surface area contributed by atoms with Gasteiger partial charge in [-0.1, -0.05) is 18.2 Å². The Morgan fingerprint density at radius 1 is 1.20 bits per heavy atom. The van der Waals surface area contributed by atoms with Crippen molar-refractivity contribution < 1.29 is 13.2 Å². The first-order chi connectivity index (χ1) is 12.0. The predicted molar refractivity (Wildman–Crippen MR) is 98.7 cm³/mol. The van der Waals surface area contributed by atoms with E-state index in [-0.39, 0.29) is 16.8 Å². The molecule has 0 aliphatic carbocycles. The zero-order chi connectivity index (χ0) is 17.6. The van der Waals surface area contributed by atoms with Crippen LogP contribution in [0.2, 0.25) is 0 Å². The van der Waals surface area contributed by atoms with Gasteiger partial charge in [0.25, 0.3) is 5.91 Å². The summed E-state index contributed by atoms with van der Waals surface area (Å²) in [6.45, 7) is 3.16. The SMILES string of the molecule is CC1Cc2ccccc2N1C(=O)c1cc(S(=O)(=O)N2CCCC2)cs1. The van der Waals surface area contributed by atoms with Gasteiger partial charge in [-0.25, -0.2) is 8.42 Å². The number of rotatable bonds is 3. The Morgan fingerprint density at radius 3 is 2.68 bits per heavy atom. The van der Waals surface area contributed by atoms with Crippen LogP contribution in [-0.2, 0) is 16.4 Å². The first-order valence-electron chi connectivity index (χ1n) is 8.48.